The summed E-state index contributed by atoms with van der Waals surface area (Å²) in [6.07, 6.45) is 10.1. The molecule has 0 radical (unpaired) electrons. The van der Waals surface area contributed by atoms with Gasteiger partial charge in [-0.2, -0.15) is 0 Å². The van der Waals surface area contributed by atoms with E-state index in [9.17, 15) is 0 Å². The lowest BCUT2D eigenvalue weighted by molar-refractivity contribution is -0.163. The second-order valence-electron chi connectivity index (χ2n) is 5.62. The van der Waals surface area contributed by atoms with Gasteiger partial charge in [0.25, 0.3) is 0 Å². The van der Waals surface area contributed by atoms with Crippen molar-refractivity contribution in [2.24, 2.45) is 17.3 Å². The first kappa shape index (κ1) is 11.4. The van der Waals surface area contributed by atoms with Crippen LogP contribution in [0.4, 0.5) is 0 Å². The van der Waals surface area contributed by atoms with E-state index >= 15 is 0 Å². The Balaban J connectivity index is 2.01. The molecule has 1 saturated carbocycles. The highest BCUT2D eigenvalue weighted by Gasteiger charge is 2.46. The highest BCUT2D eigenvalue weighted by Crippen LogP contribution is 2.48. The fourth-order valence-corrected chi connectivity index (χ4v) is 3.85. The van der Waals surface area contributed by atoms with Crippen LogP contribution in [0.3, 0.4) is 0 Å². The zero-order valence-electron chi connectivity index (χ0n) is 10.4. The van der Waals surface area contributed by atoms with Gasteiger partial charge < -0.3 is 4.74 Å². The molecule has 0 spiro atoms. The van der Waals surface area contributed by atoms with Crippen LogP contribution in [0.25, 0.3) is 0 Å². The number of hydrogen-bond donors (Lipinski definition) is 0. The van der Waals surface area contributed by atoms with Crippen LogP contribution in [0.15, 0.2) is 0 Å². The molecule has 1 unspecified atom stereocenters. The van der Waals surface area contributed by atoms with Crippen molar-refractivity contribution in [1.29, 1.82) is 0 Å². The fraction of sp³-hybridized carbons (Fsp3) is 1.00. The molecule has 0 aromatic heterocycles. The maximum absolute atomic E-state index is 5.50. The summed E-state index contributed by atoms with van der Waals surface area (Å²) in [5, 5.41) is 0. The number of rotatable bonds is 4. The van der Waals surface area contributed by atoms with Crippen molar-refractivity contribution in [3.63, 3.8) is 0 Å². The first-order chi connectivity index (χ1) is 7.32. The molecule has 1 aliphatic carbocycles. The first-order valence-electron chi connectivity index (χ1n) is 6.90. The zero-order valence-corrected chi connectivity index (χ0v) is 10.4. The lowest BCUT2D eigenvalue weighted by atomic mass is 9.62. The largest absolute Gasteiger partial charge is 0.380 e. The highest BCUT2D eigenvalue weighted by atomic mass is 16.5. The average Bonchev–Trinajstić information content (AvgIpc) is 2.24. The van der Waals surface area contributed by atoms with E-state index in [1.165, 1.54) is 44.9 Å². The smallest absolute Gasteiger partial charge is 0.0547 e. The van der Waals surface area contributed by atoms with E-state index in [2.05, 4.69) is 13.8 Å². The lowest BCUT2D eigenvalue weighted by Gasteiger charge is -2.50. The minimum absolute atomic E-state index is 0.566. The standard InChI is InChI=1S/C14H26O/c1-3-13(12-8-6-5-7-9-12)14(4-2)10-15-11-14/h12-13H,3-11H2,1-2H3. The molecule has 0 bridgehead atoms. The topological polar surface area (TPSA) is 9.23 Å². The maximum Gasteiger partial charge on any atom is 0.0547 e. The Morgan fingerprint density at radius 1 is 1.13 bits per heavy atom. The highest BCUT2D eigenvalue weighted by molar-refractivity contribution is 4.93. The van der Waals surface area contributed by atoms with Gasteiger partial charge in [-0.1, -0.05) is 52.4 Å². The molecule has 88 valence electrons. The summed E-state index contributed by atoms with van der Waals surface area (Å²) in [5.74, 6) is 1.95. The summed E-state index contributed by atoms with van der Waals surface area (Å²) in [4.78, 5) is 0. The van der Waals surface area contributed by atoms with E-state index in [0.29, 0.717) is 5.41 Å². The third-order valence-electron chi connectivity index (χ3n) is 4.93. The summed E-state index contributed by atoms with van der Waals surface area (Å²) in [6, 6.07) is 0. The van der Waals surface area contributed by atoms with Gasteiger partial charge in [-0.05, 0) is 18.3 Å². The van der Waals surface area contributed by atoms with Crippen molar-refractivity contribution in [1.82, 2.24) is 0 Å². The van der Waals surface area contributed by atoms with Crippen LogP contribution in [-0.4, -0.2) is 13.2 Å². The van der Waals surface area contributed by atoms with Gasteiger partial charge in [0, 0.05) is 5.41 Å². The Morgan fingerprint density at radius 3 is 2.20 bits per heavy atom. The molecule has 1 aliphatic heterocycles. The van der Waals surface area contributed by atoms with Crippen LogP contribution in [0.2, 0.25) is 0 Å². The predicted octanol–water partition coefficient (Wildman–Crippen LogP) is 4.02. The van der Waals surface area contributed by atoms with Gasteiger partial charge in [0.2, 0.25) is 0 Å². The van der Waals surface area contributed by atoms with Gasteiger partial charge in [-0.25, -0.2) is 0 Å². The van der Waals surface area contributed by atoms with Gasteiger partial charge in [-0.15, -0.1) is 0 Å². The van der Waals surface area contributed by atoms with Crippen molar-refractivity contribution in [3.05, 3.63) is 0 Å². The summed E-state index contributed by atoms with van der Waals surface area (Å²) < 4.78 is 5.50. The third kappa shape index (κ3) is 2.08. The Labute approximate surface area is 94.6 Å². The molecule has 0 amide bonds. The van der Waals surface area contributed by atoms with E-state index in [1.54, 1.807) is 0 Å². The fourth-order valence-electron chi connectivity index (χ4n) is 3.85. The first-order valence-corrected chi connectivity index (χ1v) is 6.90. The molecule has 1 nitrogen and oxygen atoms in total. The second kappa shape index (κ2) is 4.86. The molecule has 0 aromatic carbocycles. The van der Waals surface area contributed by atoms with Crippen LogP contribution in [0.1, 0.15) is 58.8 Å². The lowest BCUT2D eigenvalue weighted by Crippen LogP contribution is -2.50. The second-order valence-corrected chi connectivity index (χ2v) is 5.62. The predicted molar refractivity (Wildman–Crippen MR) is 63.9 cm³/mol. The Morgan fingerprint density at radius 2 is 1.80 bits per heavy atom. The average molecular weight is 210 g/mol. The minimum atomic E-state index is 0.566. The van der Waals surface area contributed by atoms with Gasteiger partial charge in [0.05, 0.1) is 13.2 Å². The quantitative estimate of drug-likeness (QED) is 0.681. The van der Waals surface area contributed by atoms with Crippen molar-refractivity contribution >= 4 is 0 Å². The molecule has 1 atom stereocenters. The van der Waals surface area contributed by atoms with Crippen LogP contribution in [-0.2, 0) is 4.74 Å². The van der Waals surface area contributed by atoms with Crippen molar-refractivity contribution < 1.29 is 4.74 Å². The number of ether oxygens (including phenoxy) is 1. The normalized spacial score (nSPS) is 28.4. The van der Waals surface area contributed by atoms with E-state index in [4.69, 9.17) is 4.74 Å². The molecule has 15 heavy (non-hydrogen) atoms. The Kier molecular flexibility index (Phi) is 3.71. The van der Waals surface area contributed by atoms with Crippen molar-refractivity contribution in [2.45, 2.75) is 58.8 Å². The molecule has 1 saturated heterocycles. The summed E-state index contributed by atoms with van der Waals surface area (Å²) >= 11 is 0. The monoisotopic (exact) mass is 210 g/mol. The molecule has 2 aliphatic rings. The third-order valence-corrected chi connectivity index (χ3v) is 4.93. The molecule has 0 aromatic rings. The van der Waals surface area contributed by atoms with Gasteiger partial charge in [-0.3, -0.25) is 0 Å². The van der Waals surface area contributed by atoms with E-state index in [1.807, 2.05) is 0 Å². The van der Waals surface area contributed by atoms with E-state index < -0.39 is 0 Å². The number of hydrogen-bond acceptors (Lipinski definition) is 1. The van der Waals surface area contributed by atoms with Gasteiger partial charge in [0.1, 0.15) is 0 Å². The summed E-state index contributed by atoms with van der Waals surface area (Å²) in [6.45, 7) is 6.82. The molecular formula is C14H26O. The summed E-state index contributed by atoms with van der Waals surface area (Å²) in [7, 11) is 0. The molecular weight excluding hydrogens is 184 g/mol. The Bertz CT molecular complexity index is 184. The summed E-state index contributed by atoms with van der Waals surface area (Å²) in [5.41, 5.74) is 0.566. The molecule has 0 N–H and O–H groups in total. The SMILES string of the molecule is CCC(C1CCCCC1)C1(CC)COC1. The van der Waals surface area contributed by atoms with Crippen LogP contribution < -0.4 is 0 Å². The molecule has 1 heteroatoms. The maximum atomic E-state index is 5.50. The van der Waals surface area contributed by atoms with Gasteiger partial charge in [0.15, 0.2) is 0 Å². The minimum Gasteiger partial charge on any atom is -0.380 e. The van der Waals surface area contributed by atoms with E-state index in [-0.39, 0.29) is 0 Å². The van der Waals surface area contributed by atoms with Crippen LogP contribution >= 0.6 is 0 Å². The van der Waals surface area contributed by atoms with Crippen LogP contribution in [0, 0.1) is 17.3 Å². The molecule has 2 fully saturated rings. The van der Waals surface area contributed by atoms with Crippen molar-refractivity contribution in [2.75, 3.05) is 13.2 Å². The molecule has 1 heterocycles. The van der Waals surface area contributed by atoms with Gasteiger partial charge >= 0.3 is 0 Å². The van der Waals surface area contributed by atoms with Crippen LogP contribution in [0.5, 0.6) is 0 Å². The zero-order chi connectivity index (χ0) is 10.7. The molecule has 2 rings (SSSR count). The van der Waals surface area contributed by atoms with E-state index in [0.717, 1.165) is 25.0 Å². The Hall–Kier alpha value is -0.0400. The van der Waals surface area contributed by atoms with Crippen molar-refractivity contribution in [3.8, 4) is 0 Å².